The minimum atomic E-state index is -1.67. The lowest BCUT2D eigenvalue weighted by Gasteiger charge is -2.71. The van der Waals surface area contributed by atoms with E-state index >= 15 is 0 Å². The van der Waals surface area contributed by atoms with Gasteiger partial charge >= 0.3 is 6.09 Å². The van der Waals surface area contributed by atoms with E-state index in [0.717, 1.165) is 31.3 Å². The molecule has 8 atom stereocenters. The highest BCUT2D eigenvalue weighted by atomic mass is 16.5. The Morgan fingerprint density at radius 3 is 2.21 bits per heavy atom. The molecule has 1 heterocycles. The van der Waals surface area contributed by atoms with Crippen LogP contribution < -0.4 is 5.32 Å². The molecule has 3 saturated carbocycles. The Balaban J connectivity index is 1.35. The first-order valence-electron chi connectivity index (χ1n) is 17.6. The zero-order valence-electron chi connectivity index (χ0n) is 29.5. The summed E-state index contributed by atoms with van der Waals surface area (Å²) in [5, 5.41) is 26.4. The van der Waals surface area contributed by atoms with Crippen LogP contribution in [-0.4, -0.2) is 65.4 Å². The Kier molecular flexibility index (Phi) is 7.57. The van der Waals surface area contributed by atoms with Gasteiger partial charge in [-0.1, -0.05) is 54.5 Å². The number of nitriles is 1. The highest BCUT2D eigenvalue weighted by Crippen LogP contribution is 2.75. The van der Waals surface area contributed by atoms with Gasteiger partial charge in [0.25, 0.3) is 0 Å². The van der Waals surface area contributed by atoms with Crippen molar-refractivity contribution in [1.82, 2.24) is 10.2 Å². The molecule has 256 valence electrons. The van der Waals surface area contributed by atoms with Crippen LogP contribution in [0.25, 0.3) is 0 Å². The van der Waals surface area contributed by atoms with E-state index in [1.54, 1.807) is 11.0 Å². The summed E-state index contributed by atoms with van der Waals surface area (Å²) < 4.78 is 4.86. The van der Waals surface area contributed by atoms with E-state index in [-0.39, 0.29) is 46.5 Å². The number of carbonyl (C=O) groups excluding carboxylic acids is 4. The maximum Gasteiger partial charge on any atom is 0.409 e. The van der Waals surface area contributed by atoms with Gasteiger partial charge in [0.15, 0.2) is 11.6 Å². The van der Waals surface area contributed by atoms with Crippen LogP contribution in [0.1, 0.15) is 106 Å². The number of hydrogen-bond donors (Lipinski definition) is 2. The lowest BCUT2D eigenvalue weighted by Crippen LogP contribution is -2.74. The quantitative estimate of drug-likeness (QED) is 0.394. The fourth-order valence-corrected chi connectivity index (χ4v) is 11.7. The number of fused-ring (bicyclic) bond motifs is 7. The SMILES string of the molecule is COC(=O)N1CCC(NC(=O)[C@@]2(C)CC[C@@]3(C)CC[C@@]4(C)[C@]5(C)CC[C@H]6C(C)(C)C(=O)C(C#N)=C[C@]6(C)C5=CC(=O)[C@]4(O)[C@@H]3C2)CC1. The van der Waals surface area contributed by atoms with Gasteiger partial charge in [-0.15, -0.1) is 0 Å². The predicted molar refractivity (Wildman–Crippen MR) is 176 cm³/mol. The number of carbonyl (C=O) groups is 4. The van der Waals surface area contributed by atoms with Crippen LogP contribution in [0.5, 0.6) is 0 Å². The van der Waals surface area contributed by atoms with Gasteiger partial charge in [0, 0.05) is 46.7 Å². The van der Waals surface area contributed by atoms with Crippen LogP contribution in [0.15, 0.2) is 23.3 Å². The minimum absolute atomic E-state index is 0.0473. The third-order valence-corrected chi connectivity index (χ3v) is 15.1. The molecule has 6 rings (SSSR count). The zero-order valence-corrected chi connectivity index (χ0v) is 29.5. The molecule has 0 spiro atoms. The number of amides is 2. The number of Topliss-reactive ketones (excluding diaryl/α,β-unsaturated/α-hetero) is 1. The topological polar surface area (TPSA) is 137 Å². The normalized spacial score (nSPS) is 44.4. The number of piperidine rings is 1. The van der Waals surface area contributed by atoms with Crippen LogP contribution >= 0.6 is 0 Å². The Bertz CT molecular complexity index is 1530. The average molecular weight is 648 g/mol. The van der Waals surface area contributed by atoms with Crippen LogP contribution in [0, 0.1) is 55.7 Å². The second kappa shape index (κ2) is 10.5. The van der Waals surface area contributed by atoms with Gasteiger partial charge in [-0.25, -0.2) is 4.79 Å². The number of aliphatic hydroxyl groups is 1. The molecule has 6 aliphatic rings. The number of ketones is 2. The summed E-state index contributed by atoms with van der Waals surface area (Å²) in [5.41, 5.74) is -4.44. The van der Waals surface area contributed by atoms with Crippen molar-refractivity contribution < 1.29 is 29.0 Å². The second-order valence-electron chi connectivity index (χ2n) is 17.6. The molecular formula is C38H53N3O6. The standard InChI is InChI=1S/C38H53N3O6/c1-32(2)25-9-12-36(6)26(35(25,5)20-23(22-39)29(32)43)19-28(42)38(46)27-21-34(4,14-13-33(27,3)15-16-37(36,38)7)30(44)40-24-10-17-41(18-11-24)31(45)47-8/h19-20,24-25,27,46H,9-18,21H2,1-8H3,(H,40,44)/t25-,27+,33-,34-,35-,36+,37-,38+/m0/s1. The first kappa shape index (κ1) is 33.9. The van der Waals surface area contributed by atoms with Crippen LogP contribution in [0.2, 0.25) is 0 Å². The number of nitrogens with one attached hydrogen (secondary N) is 1. The lowest BCUT2D eigenvalue weighted by atomic mass is 9.33. The average Bonchev–Trinajstić information content (AvgIpc) is 3.03. The van der Waals surface area contributed by atoms with Crippen molar-refractivity contribution in [2.45, 2.75) is 118 Å². The van der Waals surface area contributed by atoms with Crippen molar-refractivity contribution >= 4 is 23.6 Å². The molecule has 1 saturated heterocycles. The molecule has 9 nitrogen and oxygen atoms in total. The minimum Gasteiger partial charge on any atom is -0.453 e. The van der Waals surface area contributed by atoms with Crippen LogP contribution in [0.3, 0.4) is 0 Å². The van der Waals surface area contributed by atoms with Gasteiger partial charge in [-0.05, 0) is 86.2 Å². The van der Waals surface area contributed by atoms with Gasteiger partial charge in [0.2, 0.25) is 5.91 Å². The molecule has 0 aromatic rings. The van der Waals surface area contributed by atoms with Crippen LogP contribution in [-0.2, 0) is 19.1 Å². The molecule has 47 heavy (non-hydrogen) atoms. The first-order valence-corrected chi connectivity index (χ1v) is 17.6. The fourth-order valence-electron chi connectivity index (χ4n) is 11.7. The monoisotopic (exact) mass is 647 g/mol. The van der Waals surface area contributed by atoms with Crippen LogP contribution in [0.4, 0.5) is 4.79 Å². The number of allylic oxidation sites excluding steroid dienone is 3. The van der Waals surface area contributed by atoms with E-state index in [1.165, 1.54) is 7.11 Å². The molecule has 0 unspecified atom stereocenters. The molecule has 0 bridgehead atoms. The summed E-state index contributed by atoms with van der Waals surface area (Å²) >= 11 is 0. The van der Waals surface area contributed by atoms with Crippen molar-refractivity contribution in [3.8, 4) is 6.07 Å². The van der Waals surface area contributed by atoms with E-state index < -0.39 is 38.6 Å². The van der Waals surface area contributed by atoms with E-state index in [2.05, 4.69) is 39.1 Å². The number of rotatable bonds is 2. The highest BCUT2D eigenvalue weighted by Gasteiger charge is 2.75. The molecule has 2 N–H and O–H groups in total. The van der Waals surface area contributed by atoms with Gasteiger partial charge in [-0.3, -0.25) is 14.4 Å². The number of ether oxygens (including phenoxy) is 1. The molecule has 1 aliphatic heterocycles. The Labute approximate surface area is 279 Å². The molecule has 0 aromatic carbocycles. The molecule has 9 heteroatoms. The fraction of sp³-hybridized carbons (Fsp3) is 0.763. The number of hydrogen-bond acceptors (Lipinski definition) is 7. The Morgan fingerprint density at radius 1 is 0.957 bits per heavy atom. The third-order valence-electron chi connectivity index (χ3n) is 15.1. The van der Waals surface area contributed by atoms with Crippen molar-refractivity contribution in [3.05, 3.63) is 23.3 Å². The maximum atomic E-state index is 14.7. The molecular weight excluding hydrogens is 594 g/mol. The van der Waals surface area contributed by atoms with E-state index in [4.69, 9.17) is 4.74 Å². The number of nitrogens with zero attached hydrogens (tertiary/aromatic N) is 2. The largest absolute Gasteiger partial charge is 0.453 e. The zero-order chi connectivity index (χ0) is 34.6. The summed E-state index contributed by atoms with van der Waals surface area (Å²) in [6, 6.07) is 2.10. The highest BCUT2D eigenvalue weighted by molar-refractivity contribution is 6.05. The van der Waals surface area contributed by atoms with Crippen molar-refractivity contribution in [2.24, 2.45) is 44.3 Å². The van der Waals surface area contributed by atoms with Gasteiger partial charge in [0.05, 0.1) is 12.7 Å². The molecule has 4 fully saturated rings. The van der Waals surface area contributed by atoms with E-state index in [9.17, 15) is 29.5 Å². The smallest absolute Gasteiger partial charge is 0.409 e. The number of methoxy groups -OCH3 is 1. The van der Waals surface area contributed by atoms with Crippen molar-refractivity contribution in [1.29, 1.82) is 5.26 Å². The third kappa shape index (κ3) is 4.35. The van der Waals surface area contributed by atoms with E-state index in [0.29, 0.717) is 45.2 Å². The van der Waals surface area contributed by atoms with Gasteiger partial charge < -0.3 is 20.1 Å². The summed E-state index contributed by atoms with van der Waals surface area (Å²) in [6.45, 7) is 15.4. The van der Waals surface area contributed by atoms with Gasteiger partial charge in [-0.2, -0.15) is 5.26 Å². The molecule has 5 aliphatic carbocycles. The Hall–Kier alpha value is -2.99. The van der Waals surface area contributed by atoms with Crippen molar-refractivity contribution in [3.63, 3.8) is 0 Å². The summed E-state index contributed by atoms with van der Waals surface area (Å²) in [5.74, 6) is -0.974. The summed E-state index contributed by atoms with van der Waals surface area (Å²) in [6.07, 6.45) is 9.28. The summed E-state index contributed by atoms with van der Waals surface area (Å²) in [7, 11) is 1.37. The lowest BCUT2D eigenvalue weighted by molar-refractivity contribution is -0.242. The molecule has 0 radical (unpaired) electrons. The summed E-state index contributed by atoms with van der Waals surface area (Å²) in [4.78, 5) is 55.7. The second-order valence-corrected chi connectivity index (χ2v) is 17.6. The van der Waals surface area contributed by atoms with E-state index in [1.807, 2.05) is 26.8 Å². The maximum absolute atomic E-state index is 14.7. The number of likely N-dealkylation sites (tertiary alicyclic amines) is 1. The Morgan fingerprint density at radius 2 is 1.60 bits per heavy atom. The predicted octanol–water partition coefficient (Wildman–Crippen LogP) is 5.67. The van der Waals surface area contributed by atoms with Crippen molar-refractivity contribution in [2.75, 3.05) is 20.2 Å². The molecule has 0 aromatic heterocycles. The van der Waals surface area contributed by atoms with Gasteiger partial charge in [0.1, 0.15) is 11.7 Å². The molecule has 2 amide bonds. The first-order chi connectivity index (χ1) is 21.8.